The van der Waals surface area contributed by atoms with Crippen molar-refractivity contribution in [2.75, 3.05) is 44.2 Å². The molecule has 0 spiro atoms. The zero-order valence-electron chi connectivity index (χ0n) is 15.2. The van der Waals surface area contributed by atoms with Gasteiger partial charge in [0.05, 0.1) is 30.2 Å². The van der Waals surface area contributed by atoms with Crippen LogP contribution in [0, 0.1) is 5.92 Å². The molecule has 3 aliphatic heterocycles. The van der Waals surface area contributed by atoms with E-state index in [0.717, 1.165) is 25.4 Å². The predicted molar refractivity (Wildman–Crippen MR) is 97.4 cm³/mol. The molecule has 2 atom stereocenters. The lowest BCUT2D eigenvalue weighted by molar-refractivity contribution is -0.137. The van der Waals surface area contributed by atoms with Crippen LogP contribution in [0.4, 0.5) is 0 Å². The smallest absolute Gasteiger partial charge is 0.228 e. The van der Waals surface area contributed by atoms with Crippen molar-refractivity contribution in [3.05, 3.63) is 24.2 Å². The molecular formula is C18H25N3O5S. The van der Waals surface area contributed by atoms with Crippen LogP contribution in [-0.2, 0) is 26.0 Å². The van der Waals surface area contributed by atoms with Gasteiger partial charge in [0.25, 0.3) is 0 Å². The first-order valence-corrected chi connectivity index (χ1v) is 11.3. The van der Waals surface area contributed by atoms with E-state index in [1.807, 2.05) is 17.0 Å². The fraction of sp³-hybridized carbons (Fsp3) is 0.667. The summed E-state index contributed by atoms with van der Waals surface area (Å²) in [6.07, 6.45) is 2.34. The van der Waals surface area contributed by atoms with Gasteiger partial charge >= 0.3 is 0 Å². The van der Waals surface area contributed by atoms with E-state index in [-0.39, 0.29) is 41.7 Å². The summed E-state index contributed by atoms with van der Waals surface area (Å²) in [6, 6.07) is 3.55. The highest BCUT2D eigenvalue weighted by Gasteiger charge is 2.43. The van der Waals surface area contributed by atoms with E-state index < -0.39 is 9.84 Å². The molecule has 3 saturated heterocycles. The van der Waals surface area contributed by atoms with Crippen molar-refractivity contribution < 1.29 is 22.4 Å². The van der Waals surface area contributed by atoms with Gasteiger partial charge in [0.2, 0.25) is 11.8 Å². The van der Waals surface area contributed by atoms with Crippen molar-refractivity contribution in [3.63, 3.8) is 0 Å². The van der Waals surface area contributed by atoms with Crippen molar-refractivity contribution in [2.45, 2.75) is 25.4 Å². The van der Waals surface area contributed by atoms with E-state index in [4.69, 9.17) is 4.42 Å². The van der Waals surface area contributed by atoms with E-state index in [9.17, 15) is 18.0 Å². The van der Waals surface area contributed by atoms with Gasteiger partial charge in [0, 0.05) is 45.2 Å². The molecule has 3 aliphatic rings. The van der Waals surface area contributed by atoms with Crippen LogP contribution in [0.1, 0.15) is 18.6 Å². The fourth-order valence-corrected chi connectivity index (χ4v) is 6.01. The Bertz CT molecular complexity index is 799. The number of hydrogen-bond donors (Lipinski definition) is 0. The summed E-state index contributed by atoms with van der Waals surface area (Å²) in [5.41, 5.74) is 0. The topological polar surface area (TPSA) is 91.1 Å². The minimum absolute atomic E-state index is 0.0179. The van der Waals surface area contributed by atoms with E-state index in [2.05, 4.69) is 4.90 Å². The van der Waals surface area contributed by atoms with Gasteiger partial charge in [-0.2, -0.15) is 0 Å². The van der Waals surface area contributed by atoms with Crippen LogP contribution in [0.3, 0.4) is 0 Å². The highest BCUT2D eigenvalue weighted by molar-refractivity contribution is 7.91. The first-order chi connectivity index (χ1) is 12.9. The monoisotopic (exact) mass is 395 g/mol. The van der Waals surface area contributed by atoms with Crippen LogP contribution in [0.2, 0.25) is 0 Å². The number of sulfone groups is 1. The van der Waals surface area contributed by atoms with Crippen molar-refractivity contribution in [2.24, 2.45) is 5.92 Å². The SMILES string of the molecule is O=C([C@H]1CC(=O)N([C@@H]2CCS(=O)(=O)C2)C1)N1CCN(Cc2ccco2)CC1. The zero-order chi connectivity index (χ0) is 19.0. The second kappa shape index (κ2) is 7.27. The number of rotatable bonds is 4. The summed E-state index contributed by atoms with van der Waals surface area (Å²) < 4.78 is 28.7. The minimum Gasteiger partial charge on any atom is -0.468 e. The summed E-state index contributed by atoms with van der Waals surface area (Å²) in [4.78, 5) is 30.9. The van der Waals surface area contributed by atoms with Gasteiger partial charge in [-0.25, -0.2) is 8.42 Å². The molecular weight excluding hydrogens is 370 g/mol. The first-order valence-electron chi connectivity index (χ1n) is 9.45. The number of piperazine rings is 1. The van der Waals surface area contributed by atoms with Crippen molar-refractivity contribution in [1.29, 1.82) is 0 Å². The number of hydrogen-bond acceptors (Lipinski definition) is 6. The van der Waals surface area contributed by atoms with E-state index in [0.29, 0.717) is 26.1 Å². The summed E-state index contributed by atoms with van der Waals surface area (Å²) in [7, 11) is -3.04. The number of nitrogens with zero attached hydrogens (tertiary/aromatic N) is 3. The molecule has 0 radical (unpaired) electrons. The average Bonchev–Trinajstić information content (AvgIpc) is 3.35. The molecule has 3 fully saturated rings. The second-order valence-corrected chi connectivity index (χ2v) is 9.91. The Balaban J connectivity index is 1.29. The van der Waals surface area contributed by atoms with Gasteiger partial charge in [-0.15, -0.1) is 0 Å². The van der Waals surface area contributed by atoms with Gasteiger partial charge in [-0.3, -0.25) is 14.5 Å². The van der Waals surface area contributed by atoms with Gasteiger partial charge < -0.3 is 14.2 Å². The highest BCUT2D eigenvalue weighted by Crippen LogP contribution is 2.27. The molecule has 27 heavy (non-hydrogen) atoms. The van der Waals surface area contributed by atoms with Gasteiger partial charge in [-0.05, 0) is 18.6 Å². The average molecular weight is 395 g/mol. The Morgan fingerprint density at radius 3 is 2.63 bits per heavy atom. The normalized spacial score (nSPS) is 28.8. The molecule has 148 valence electrons. The molecule has 0 bridgehead atoms. The molecule has 8 nitrogen and oxygen atoms in total. The molecule has 0 unspecified atom stereocenters. The van der Waals surface area contributed by atoms with Crippen molar-refractivity contribution in [1.82, 2.24) is 14.7 Å². The standard InChI is InChI=1S/C18H25N3O5S/c22-17-10-14(11-21(17)15-3-9-27(24,25)13-15)18(23)20-6-4-19(5-7-20)12-16-2-1-8-26-16/h1-2,8,14-15H,3-7,9-13H2/t14-,15+/m0/s1. The molecule has 1 aromatic heterocycles. The van der Waals surface area contributed by atoms with Gasteiger partial charge in [0.1, 0.15) is 5.76 Å². The molecule has 1 aromatic rings. The maximum absolute atomic E-state index is 12.8. The number of furan rings is 1. The lowest BCUT2D eigenvalue weighted by atomic mass is 10.1. The minimum atomic E-state index is -3.04. The van der Waals surface area contributed by atoms with Crippen molar-refractivity contribution >= 4 is 21.7 Å². The summed E-state index contributed by atoms with van der Waals surface area (Å²) in [5.74, 6) is 0.662. The lowest BCUT2D eigenvalue weighted by Gasteiger charge is -2.35. The highest BCUT2D eigenvalue weighted by atomic mass is 32.2. The third-order valence-corrected chi connectivity index (χ3v) is 7.55. The Morgan fingerprint density at radius 1 is 1.22 bits per heavy atom. The van der Waals surface area contributed by atoms with Crippen LogP contribution in [0.25, 0.3) is 0 Å². The van der Waals surface area contributed by atoms with Gasteiger partial charge in [-0.1, -0.05) is 0 Å². The molecule has 9 heteroatoms. The number of carbonyl (C=O) groups is 2. The fourth-order valence-electron chi connectivity index (χ4n) is 4.28. The Kier molecular flexibility index (Phi) is 4.98. The van der Waals surface area contributed by atoms with Crippen LogP contribution >= 0.6 is 0 Å². The first kappa shape index (κ1) is 18.5. The maximum atomic E-state index is 12.8. The van der Waals surface area contributed by atoms with Crippen LogP contribution in [0.5, 0.6) is 0 Å². The summed E-state index contributed by atoms with van der Waals surface area (Å²) in [6.45, 7) is 3.92. The number of carbonyl (C=O) groups excluding carboxylic acids is 2. The van der Waals surface area contributed by atoms with Crippen LogP contribution in [-0.4, -0.2) is 85.2 Å². The lowest BCUT2D eigenvalue weighted by Crippen LogP contribution is -2.50. The molecule has 0 aliphatic carbocycles. The summed E-state index contributed by atoms with van der Waals surface area (Å²) in [5, 5.41) is 0. The molecule has 0 saturated carbocycles. The van der Waals surface area contributed by atoms with Crippen molar-refractivity contribution in [3.8, 4) is 0 Å². The van der Waals surface area contributed by atoms with E-state index in [1.54, 1.807) is 11.2 Å². The van der Waals surface area contributed by atoms with E-state index >= 15 is 0 Å². The second-order valence-electron chi connectivity index (χ2n) is 7.68. The third kappa shape index (κ3) is 4.03. The largest absolute Gasteiger partial charge is 0.468 e. The van der Waals surface area contributed by atoms with E-state index in [1.165, 1.54) is 0 Å². The molecule has 0 N–H and O–H groups in total. The van der Waals surface area contributed by atoms with Crippen LogP contribution in [0.15, 0.2) is 22.8 Å². The Hall–Kier alpha value is -1.87. The van der Waals surface area contributed by atoms with Crippen LogP contribution < -0.4 is 0 Å². The Labute approximate surface area is 159 Å². The predicted octanol–water partition coefficient (Wildman–Crippen LogP) is -0.0406. The third-order valence-electron chi connectivity index (χ3n) is 5.80. The molecule has 4 rings (SSSR count). The number of amides is 2. The Morgan fingerprint density at radius 2 is 2.00 bits per heavy atom. The zero-order valence-corrected chi connectivity index (χ0v) is 16.1. The number of likely N-dealkylation sites (tertiary alicyclic amines) is 1. The molecule has 0 aromatic carbocycles. The summed E-state index contributed by atoms with van der Waals surface area (Å²) >= 11 is 0. The molecule has 4 heterocycles. The van der Waals surface area contributed by atoms with Gasteiger partial charge in [0.15, 0.2) is 9.84 Å². The quantitative estimate of drug-likeness (QED) is 0.711. The molecule has 2 amide bonds. The maximum Gasteiger partial charge on any atom is 0.228 e.